The molecule has 1 heterocycles. The Labute approximate surface area is 95.5 Å². The Morgan fingerprint density at radius 2 is 2.31 bits per heavy atom. The molecular weight excluding hydrogens is 232 g/mol. The van der Waals surface area contributed by atoms with Crippen molar-refractivity contribution in [3.05, 3.63) is 29.4 Å². The van der Waals surface area contributed by atoms with E-state index in [-0.39, 0.29) is 12.3 Å². The molecule has 2 aromatic rings. The van der Waals surface area contributed by atoms with Crippen LogP contribution in [0.15, 0.2) is 24.4 Å². The van der Waals surface area contributed by atoms with Crippen molar-refractivity contribution >= 4 is 28.5 Å². The SMILES string of the molecule is O=C(O)C[n+]1cc([O-])c2c(Cl)cccc2n1. The number of nitrogens with zero attached hydrogens (tertiary/aromatic N) is 2. The molecule has 5 nitrogen and oxygen atoms in total. The predicted octanol–water partition coefficient (Wildman–Crippen LogP) is 0.334. The molecular formula is C10H7ClN2O3. The number of fused-ring (bicyclic) bond motifs is 1. The average molecular weight is 239 g/mol. The van der Waals surface area contributed by atoms with E-state index in [0.29, 0.717) is 15.9 Å². The summed E-state index contributed by atoms with van der Waals surface area (Å²) in [5, 5.41) is 24.9. The highest BCUT2D eigenvalue weighted by molar-refractivity contribution is 6.35. The van der Waals surface area contributed by atoms with Crippen LogP contribution in [0.5, 0.6) is 5.75 Å². The lowest BCUT2D eigenvalue weighted by Crippen LogP contribution is -2.41. The Morgan fingerprint density at radius 3 is 3.00 bits per heavy atom. The fraction of sp³-hybridized carbons (Fsp3) is 0.100. The topological polar surface area (TPSA) is 77.1 Å². The van der Waals surface area contributed by atoms with Crippen LogP contribution in [-0.4, -0.2) is 16.2 Å². The summed E-state index contributed by atoms with van der Waals surface area (Å²) in [4.78, 5) is 10.5. The van der Waals surface area contributed by atoms with Crippen molar-refractivity contribution in [2.75, 3.05) is 0 Å². The molecule has 0 aliphatic rings. The van der Waals surface area contributed by atoms with Gasteiger partial charge in [-0.3, -0.25) is 0 Å². The number of benzene rings is 1. The van der Waals surface area contributed by atoms with Crippen LogP contribution in [0.2, 0.25) is 5.02 Å². The van der Waals surface area contributed by atoms with Gasteiger partial charge in [-0.05, 0) is 17.9 Å². The second-order valence-electron chi connectivity index (χ2n) is 3.22. The van der Waals surface area contributed by atoms with Gasteiger partial charge in [0.25, 0.3) is 6.54 Å². The van der Waals surface area contributed by atoms with E-state index in [0.717, 1.165) is 10.9 Å². The van der Waals surface area contributed by atoms with E-state index in [9.17, 15) is 9.90 Å². The molecule has 1 aromatic heterocycles. The minimum Gasteiger partial charge on any atom is -0.868 e. The van der Waals surface area contributed by atoms with Gasteiger partial charge in [0.05, 0.1) is 0 Å². The van der Waals surface area contributed by atoms with E-state index in [1.165, 1.54) is 0 Å². The van der Waals surface area contributed by atoms with Crippen molar-refractivity contribution in [1.29, 1.82) is 0 Å². The second kappa shape index (κ2) is 3.94. The molecule has 0 atom stereocenters. The van der Waals surface area contributed by atoms with Crippen LogP contribution in [0.4, 0.5) is 0 Å². The van der Waals surface area contributed by atoms with Crippen LogP contribution in [0.3, 0.4) is 0 Å². The van der Waals surface area contributed by atoms with Crippen LogP contribution < -0.4 is 9.79 Å². The molecule has 0 aliphatic heterocycles. The van der Waals surface area contributed by atoms with Crippen molar-refractivity contribution in [3.63, 3.8) is 0 Å². The monoisotopic (exact) mass is 238 g/mol. The third-order valence-electron chi connectivity index (χ3n) is 2.04. The Balaban J connectivity index is 2.64. The first-order valence-electron chi connectivity index (χ1n) is 4.46. The number of hydrogen-bond acceptors (Lipinski definition) is 3. The van der Waals surface area contributed by atoms with E-state index in [2.05, 4.69) is 5.10 Å². The highest BCUT2D eigenvalue weighted by atomic mass is 35.5. The predicted molar refractivity (Wildman–Crippen MR) is 54.0 cm³/mol. The largest absolute Gasteiger partial charge is 0.868 e. The Bertz CT molecular complexity index is 571. The van der Waals surface area contributed by atoms with E-state index < -0.39 is 5.97 Å². The second-order valence-corrected chi connectivity index (χ2v) is 3.63. The number of aromatic nitrogens is 2. The molecule has 0 aliphatic carbocycles. The first kappa shape index (κ1) is 10.6. The van der Waals surface area contributed by atoms with Crippen LogP contribution >= 0.6 is 11.6 Å². The molecule has 2 rings (SSSR count). The fourth-order valence-corrected chi connectivity index (χ4v) is 1.69. The van der Waals surface area contributed by atoms with Crippen LogP contribution in [0.25, 0.3) is 10.9 Å². The molecule has 0 saturated carbocycles. The maximum Gasteiger partial charge on any atom is 0.372 e. The summed E-state index contributed by atoms with van der Waals surface area (Å²) in [5.74, 6) is -1.39. The molecule has 0 radical (unpaired) electrons. The molecule has 0 spiro atoms. The minimum absolute atomic E-state index is 0.311. The Kier molecular flexibility index (Phi) is 2.62. The average Bonchev–Trinajstić information content (AvgIpc) is 2.15. The quantitative estimate of drug-likeness (QED) is 0.765. The summed E-state index contributed by atoms with van der Waals surface area (Å²) in [6, 6.07) is 4.86. The van der Waals surface area contributed by atoms with Gasteiger partial charge in [0, 0.05) is 15.5 Å². The summed E-state index contributed by atoms with van der Waals surface area (Å²) < 4.78 is 1.09. The zero-order chi connectivity index (χ0) is 11.7. The summed E-state index contributed by atoms with van der Waals surface area (Å²) in [5.41, 5.74) is 0.390. The third kappa shape index (κ3) is 1.90. The maximum atomic E-state index is 11.7. The molecule has 6 heteroatoms. The van der Waals surface area contributed by atoms with Gasteiger partial charge in [-0.1, -0.05) is 22.3 Å². The highest BCUT2D eigenvalue weighted by Gasteiger charge is 2.12. The van der Waals surface area contributed by atoms with Crippen molar-refractivity contribution in [3.8, 4) is 5.75 Å². The van der Waals surface area contributed by atoms with E-state index in [1.54, 1.807) is 18.2 Å². The summed E-state index contributed by atoms with van der Waals surface area (Å²) in [7, 11) is 0. The number of carbonyl (C=O) groups is 1. The number of carboxylic acid groups (broad SMARTS) is 1. The van der Waals surface area contributed by atoms with E-state index in [1.807, 2.05) is 0 Å². The first-order valence-corrected chi connectivity index (χ1v) is 4.83. The lowest BCUT2D eigenvalue weighted by molar-refractivity contribution is -0.743. The summed E-state index contributed by atoms with van der Waals surface area (Å²) in [6.45, 7) is -0.350. The molecule has 0 amide bonds. The normalized spacial score (nSPS) is 10.6. The third-order valence-corrected chi connectivity index (χ3v) is 2.35. The van der Waals surface area contributed by atoms with Gasteiger partial charge in [-0.2, -0.15) is 0 Å². The van der Waals surface area contributed by atoms with Crippen LogP contribution in [0, 0.1) is 0 Å². The van der Waals surface area contributed by atoms with Gasteiger partial charge in [0.2, 0.25) is 0 Å². The number of carboxylic acids is 1. The first-order chi connectivity index (χ1) is 7.58. The molecule has 0 fully saturated rings. The number of halogens is 1. The molecule has 1 aromatic carbocycles. The molecule has 0 saturated heterocycles. The number of aliphatic carboxylic acids is 1. The molecule has 0 unspecified atom stereocenters. The molecule has 1 N–H and O–H groups in total. The van der Waals surface area contributed by atoms with Crippen molar-refractivity contribution in [2.24, 2.45) is 0 Å². The van der Waals surface area contributed by atoms with Gasteiger partial charge in [0.15, 0.2) is 6.20 Å². The van der Waals surface area contributed by atoms with Gasteiger partial charge < -0.3 is 10.2 Å². The minimum atomic E-state index is -1.06. The molecule has 82 valence electrons. The number of hydrogen-bond donors (Lipinski definition) is 1. The van der Waals surface area contributed by atoms with Crippen molar-refractivity contribution in [2.45, 2.75) is 6.54 Å². The maximum absolute atomic E-state index is 11.7. The lowest BCUT2D eigenvalue weighted by Gasteiger charge is -2.07. The van der Waals surface area contributed by atoms with Gasteiger partial charge in [-0.25, -0.2) is 4.79 Å². The highest BCUT2D eigenvalue weighted by Crippen LogP contribution is 2.26. The van der Waals surface area contributed by atoms with Gasteiger partial charge >= 0.3 is 5.97 Å². The molecule has 16 heavy (non-hydrogen) atoms. The lowest BCUT2D eigenvalue weighted by atomic mass is 10.2. The van der Waals surface area contributed by atoms with Crippen molar-refractivity contribution < 1.29 is 19.7 Å². The fourth-order valence-electron chi connectivity index (χ4n) is 1.43. The summed E-state index contributed by atoms with van der Waals surface area (Å²) in [6.07, 6.45) is 1.13. The van der Waals surface area contributed by atoms with E-state index >= 15 is 0 Å². The van der Waals surface area contributed by atoms with Crippen LogP contribution in [-0.2, 0) is 11.3 Å². The molecule has 0 bridgehead atoms. The van der Waals surface area contributed by atoms with Gasteiger partial charge in [-0.15, -0.1) is 0 Å². The smallest absolute Gasteiger partial charge is 0.372 e. The van der Waals surface area contributed by atoms with Gasteiger partial charge in [0.1, 0.15) is 5.52 Å². The number of rotatable bonds is 2. The Morgan fingerprint density at radius 1 is 1.56 bits per heavy atom. The van der Waals surface area contributed by atoms with E-state index in [4.69, 9.17) is 16.7 Å². The Hall–Kier alpha value is -1.88. The standard InChI is InChI=1S/C10H7ClN2O3/c11-6-2-1-3-7-10(6)8(14)4-13(12-7)5-9(15)16/h1-4H,5H2,(H-,12,14,15,16). The zero-order valence-electron chi connectivity index (χ0n) is 8.05. The van der Waals surface area contributed by atoms with Crippen molar-refractivity contribution in [1.82, 2.24) is 5.10 Å². The van der Waals surface area contributed by atoms with Crippen LogP contribution in [0.1, 0.15) is 0 Å². The zero-order valence-corrected chi connectivity index (χ0v) is 8.81. The summed E-state index contributed by atoms with van der Waals surface area (Å²) >= 11 is 5.85.